The number of halogens is 2. The molecule has 0 unspecified atom stereocenters. The number of carbonyl (C=O) groups excluding carboxylic acids is 1. The minimum atomic E-state index is -1.07. The van der Waals surface area contributed by atoms with E-state index >= 15 is 0 Å². The lowest BCUT2D eigenvalue weighted by molar-refractivity contribution is -0.127. The van der Waals surface area contributed by atoms with E-state index in [4.69, 9.17) is 5.73 Å². The van der Waals surface area contributed by atoms with Crippen LogP contribution in [-0.2, 0) is 4.79 Å². The van der Waals surface area contributed by atoms with Crippen LogP contribution in [0.25, 0.3) is 0 Å². The molecule has 1 amide bonds. The van der Waals surface area contributed by atoms with Gasteiger partial charge in [-0.15, -0.1) is 0 Å². The molecule has 6 heteroatoms. The molecule has 0 atom stereocenters. The van der Waals surface area contributed by atoms with Crippen molar-refractivity contribution in [3.8, 4) is 0 Å². The second kappa shape index (κ2) is 5.47. The summed E-state index contributed by atoms with van der Waals surface area (Å²) in [6.45, 7) is 2.23. The lowest BCUT2D eigenvalue weighted by Crippen LogP contribution is -2.32. The summed E-state index contributed by atoms with van der Waals surface area (Å²) in [5, 5.41) is 2.51. The maximum Gasteiger partial charge on any atom is 0.241 e. The van der Waals surface area contributed by atoms with Crippen molar-refractivity contribution in [3.05, 3.63) is 23.8 Å². The van der Waals surface area contributed by atoms with Crippen molar-refractivity contribution in [2.24, 2.45) is 0 Å². The van der Waals surface area contributed by atoms with Crippen LogP contribution in [0.1, 0.15) is 6.92 Å². The molecule has 3 N–H and O–H groups in total. The summed E-state index contributed by atoms with van der Waals surface area (Å²) < 4.78 is 26.3. The third-order valence-electron chi connectivity index (χ3n) is 2.44. The first-order valence-corrected chi connectivity index (χ1v) is 5.18. The number of nitrogens with one attached hydrogen (secondary N) is 1. The quantitative estimate of drug-likeness (QED) is 0.787. The Morgan fingerprint density at radius 2 is 2.12 bits per heavy atom. The van der Waals surface area contributed by atoms with E-state index in [-0.39, 0.29) is 23.8 Å². The number of nitrogen functional groups attached to an aromatic ring is 1. The molecule has 0 aromatic heterocycles. The molecule has 0 bridgehead atoms. The Balaban J connectivity index is 2.76. The van der Waals surface area contributed by atoms with Gasteiger partial charge in [0, 0.05) is 13.6 Å². The van der Waals surface area contributed by atoms with E-state index in [1.165, 1.54) is 11.0 Å². The van der Waals surface area contributed by atoms with Crippen molar-refractivity contribution >= 4 is 17.3 Å². The number of nitrogens with two attached hydrogens (primary N) is 1. The van der Waals surface area contributed by atoms with Crippen LogP contribution >= 0.6 is 0 Å². The summed E-state index contributed by atoms with van der Waals surface area (Å²) in [6, 6.07) is 2.19. The number of amides is 1. The Kier molecular flexibility index (Phi) is 4.25. The summed E-state index contributed by atoms with van der Waals surface area (Å²) in [6.07, 6.45) is 0. The van der Waals surface area contributed by atoms with Gasteiger partial charge < -0.3 is 16.0 Å². The van der Waals surface area contributed by atoms with E-state index in [9.17, 15) is 13.6 Å². The molecule has 0 heterocycles. The predicted molar refractivity (Wildman–Crippen MR) is 62.6 cm³/mol. The first-order chi connectivity index (χ1) is 7.97. The van der Waals surface area contributed by atoms with Gasteiger partial charge in [0.1, 0.15) is 0 Å². The molecule has 0 saturated carbocycles. The molecule has 1 aromatic carbocycles. The van der Waals surface area contributed by atoms with Gasteiger partial charge in [-0.2, -0.15) is 0 Å². The highest BCUT2D eigenvalue weighted by atomic mass is 19.2. The number of likely N-dealkylation sites (N-methyl/N-ethyl adjacent to an activating group) is 1. The molecule has 0 spiro atoms. The normalized spacial score (nSPS) is 10.1. The van der Waals surface area contributed by atoms with Gasteiger partial charge in [-0.05, 0) is 19.1 Å². The Hall–Kier alpha value is -1.85. The fourth-order valence-corrected chi connectivity index (χ4v) is 1.22. The average Bonchev–Trinajstić information content (AvgIpc) is 2.32. The van der Waals surface area contributed by atoms with E-state index in [0.717, 1.165) is 6.07 Å². The fraction of sp³-hybridized carbons (Fsp3) is 0.364. The molecule has 0 aliphatic carbocycles. The third kappa shape index (κ3) is 3.05. The van der Waals surface area contributed by atoms with Gasteiger partial charge >= 0.3 is 0 Å². The number of benzene rings is 1. The van der Waals surface area contributed by atoms with E-state index < -0.39 is 11.6 Å². The van der Waals surface area contributed by atoms with Crippen molar-refractivity contribution < 1.29 is 13.6 Å². The lowest BCUT2D eigenvalue weighted by Gasteiger charge is -2.16. The lowest BCUT2D eigenvalue weighted by atomic mass is 10.2. The molecule has 4 nitrogen and oxygen atoms in total. The van der Waals surface area contributed by atoms with Gasteiger partial charge in [0.2, 0.25) is 5.91 Å². The van der Waals surface area contributed by atoms with E-state index in [1.54, 1.807) is 7.05 Å². The molecule has 0 radical (unpaired) electrons. The Morgan fingerprint density at radius 3 is 2.71 bits per heavy atom. The number of rotatable bonds is 4. The first-order valence-electron chi connectivity index (χ1n) is 5.18. The third-order valence-corrected chi connectivity index (χ3v) is 2.44. The van der Waals surface area contributed by atoms with Crippen LogP contribution in [-0.4, -0.2) is 30.9 Å². The van der Waals surface area contributed by atoms with Gasteiger partial charge in [0.25, 0.3) is 0 Å². The second-order valence-corrected chi connectivity index (χ2v) is 3.59. The van der Waals surface area contributed by atoms with Crippen LogP contribution in [0.5, 0.6) is 0 Å². The highest BCUT2D eigenvalue weighted by molar-refractivity contribution is 5.82. The van der Waals surface area contributed by atoms with Crippen LogP contribution in [0.2, 0.25) is 0 Å². The first kappa shape index (κ1) is 13.2. The van der Waals surface area contributed by atoms with Crippen molar-refractivity contribution in [2.75, 3.05) is 31.2 Å². The van der Waals surface area contributed by atoms with Crippen molar-refractivity contribution in [1.82, 2.24) is 4.90 Å². The van der Waals surface area contributed by atoms with Gasteiger partial charge in [-0.1, -0.05) is 0 Å². The number of carbonyl (C=O) groups is 1. The van der Waals surface area contributed by atoms with Crippen molar-refractivity contribution in [2.45, 2.75) is 6.92 Å². The minimum absolute atomic E-state index is 0.0656. The zero-order chi connectivity index (χ0) is 13.0. The second-order valence-electron chi connectivity index (χ2n) is 3.59. The number of hydrogen-bond donors (Lipinski definition) is 2. The van der Waals surface area contributed by atoms with Gasteiger partial charge in [0.15, 0.2) is 11.6 Å². The van der Waals surface area contributed by atoms with Crippen LogP contribution in [0.3, 0.4) is 0 Å². The molecular formula is C11H15F2N3O. The summed E-state index contributed by atoms with van der Waals surface area (Å²) >= 11 is 0. The fourth-order valence-electron chi connectivity index (χ4n) is 1.22. The zero-order valence-corrected chi connectivity index (χ0v) is 9.76. The van der Waals surface area contributed by atoms with E-state index in [0.29, 0.717) is 6.54 Å². The molecule has 1 aromatic rings. The zero-order valence-electron chi connectivity index (χ0n) is 9.76. The van der Waals surface area contributed by atoms with Gasteiger partial charge in [0.05, 0.1) is 17.9 Å². The molecule has 0 aliphatic heterocycles. The molecule has 1 rings (SSSR count). The summed E-state index contributed by atoms with van der Waals surface area (Å²) in [4.78, 5) is 12.9. The maximum atomic E-state index is 13.4. The Labute approximate surface area is 98.4 Å². The summed E-state index contributed by atoms with van der Waals surface area (Å²) in [5.41, 5.74) is 5.38. The highest BCUT2D eigenvalue weighted by Crippen LogP contribution is 2.24. The van der Waals surface area contributed by atoms with Crippen LogP contribution in [0.4, 0.5) is 20.2 Å². The van der Waals surface area contributed by atoms with Crippen molar-refractivity contribution in [3.63, 3.8) is 0 Å². The molecule has 0 fully saturated rings. The minimum Gasteiger partial charge on any atom is -0.397 e. The standard InChI is InChI=1S/C11H15F2N3O/c1-3-16(2)9(17)6-15-11-8(14)5-4-7(12)10(11)13/h4-5,15H,3,6,14H2,1-2H3. The molecule has 0 aliphatic rings. The molecule has 17 heavy (non-hydrogen) atoms. The number of hydrogen-bond acceptors (Lipinski definition) is 3. The molecule has 94 valence electrons. The van der Waals surface area contributed by atoms with Gasteiger partial charge in [-0.25, -0.2) is 8.78 Å². The van der Waals surface area contributed by atoms with Gasteiger partial charge in [-0.3, -0.25) is 4.79 Å². The number of anilines is 2. The van der Waals surface area contributed by atoms with Crippen LogP contribution in [0.15, 0.2) is 12.1 Å². The van der Waals surface area contributed by atoms with Crippen LogP contribution in [0, 0.1) is 11.6 Å². The SMILES string of the molecule is CCN(C)C(=O)CNc1c(N)ccc(F)c1F. The predicted octanol–water partition coefficient (Wildman–Crippen LogP) is 1.44. The monoisotopic (exact) mass is 243 g/mol. The Morgan fingerprint density at radius 1 is 1.47 bits per heavy atom. The summed E-state index contributed by atoms with van der Waals surface area (Å²) in [7, 11) is 1.62. The smallest absolute Gasteiger partial charge is 0.241 e. The van der Waals surface area contributed by atoms with Crippen molar-refractivity contribution in [1.29, 1.82) is 0 Å². The largest absolute Gasteiger partial charge is 0.397 e. The highest BCUT2D eigenvalue weighted by Gasteiger charge is 2.13. The Bertz CT molecular complexity index is 423. The average molecular weight is 243 g/mol. The van der Waals surface area contributed by atoms with Crippen LogP contribution < -0.4 is 11.1 Å². The maximum absolute atomic E-state index is 13.4. The van der Waals surface area contributed by atoms with E-state index in [2.05, 4.69) is 5.32 Å². The topological polar surface area (TPSA) is 58.4 Å². The number of nitrogens with zero attached hydrogens (tertiary/aromatic N) is 1. The molecule has 0 saturated heterocycles. The molecular weight excluding hydrogens is 228 g/mol. The van der Waals surface area contributed by atoms with E-state index in [1.807, 2.05) is 6.92 Å². The summed E-state index contributed by atoms with van der Waals surface area (Å²) in [5.74, 6) is -2.30.